The van der Waals surface area contributed by atoms with Crippen molar-refractivity contribution >= 4 is 34.1 Å². The molecule has 142 valence electrons. The molecule has 0 saturated carbocycles. The van der Waals surface area contributed by atoms with Crippen molar-refractivity contribution < 1.29 is 0 Å². The van der Waals surface area contributed by atoms with Gasteiger partial charge in [-0.2, -0.15) is 0 Å². The third-order valence-electron chi connectivity index (χ3n) is 5.18. The van der Waals surface area contributed by atoms with Gasteiger partial charge in [-0.25, -0.2) is 0 Å². The van der Waals surface area contributed by atoms with Crippen molar-refractivity contribution in [1.82, 2.24) is 9.88 Å². The lowest BCUT2D eigenvalue weighted by Crippen LogP contribution is -2.13. The van der Waals surface area contributed by atoms with Crippen LogP contribution in [0.15, 0.2) is 72.8 Å². The fourth-order valence-electron chi connectivity index (χ4n) is 3.68. The van der Waals surface area contributed by atoms with E-state index in [9.17, 15) is 0 Å². The molecular formula is C24H22Cl2N2. The second kappa shape index (κ2) is 8.40. The topological polar surface area (TPSA) is 17.0 Å². The summed E-state index contributed by atoms with van der Waals surface area (Å²) in [6.45, 7) is 4.58. The van der Waals surface area contributed by atoms with E-state index in [1.54, 1.807) is 0 Å². The maximum atomic E-state index is 6.43. The van der Waals surface area contributed by atoms with Crippen LogP contribution in [-0.2, 0) is 19.6 Å². The maximum absolute atomic E-state index is 6.43. The lowest BCUT2D eigenvalue weighted by Gasteiger charge is -2.11. The zero-order chi connectivity index (χ0) is 19.5. The van der Waals surface area contributed by atoms with Crippen molar-refractivity contribution in [2.24, 2.45) is 0 Å². The number of para-hydroxylation sites is 1. The number of aromatic nitrogens is 1. The molecule has 0 unspecified atom stereocenters. The zero-order valence-electron chi connectivity index (χ0n) is 15.8. The van der Waals surface area contributed by atoms with Crippen molar-refractivity contribution in [3.8, 4) is 0 Å². The summed E-state index contributed by atoms with van der Waals surface area (Å²) < 4.78 is 2.34. The highest BCUT2D eigenvalue weighted by Gasteiger charge is 2.14. The molecule has 28 heavy (non-hydrogen) atoms. The van der Waals surface area contributed by atoms with Crippen LogP contribution in [0.5, 0.6) is 0 Å². The summed E-state index contributed by atoms with van der Waals surface area (Å²) in [5, 5.41) is 6.24. The molecule has 0 fully saturated rings. The van der Waals surface area contributed by atoms with Gasteiger partial charge in [0.05, 0.1) is 0 Å². The predicted molar refractivity (Wildman–Crippen MR) is 119 cm³/mol. The molecule has 1 aromatic heterocycles. The highest BCUT2D eigenvalue weighted by molar-refractivity contribution is 6.35. The molecule has 1 heterocycles. The average molecular weight is 409 g/mol. The van der Waals surface area contributed by atoms with Gasteiger partial charge >= 0.3 is 0 Å². The molecule has 0 saturated heterocycles. The van der Waals surface area contributed by atoms with E-state index in [-0.39, 0.29) is 0 Å². The highest BCUT2D eigenvalue weighted by Crippen LogP contribution is 2.29. The van der Waals surface area contributed by atoms with E-state index in [1.165, 1.54) is 27.7 Å². The summed E-state index contributed by atoms with van der Waals surface area (Å²) in [6, 6.07) is 24.7. The number of hydrogen-bond donors (Lipinski definition) is 1. The second-order valence-corrected chi connectivity index (χ2v) is 7.84. The molecule has 0 aliphatic carbocycles. The number of halogens is 2. The number of nitrogens with zero attached hydrogens (tertiary/aromatic N) is 1. The van der Waals surface area contributed by atoms with Crippen molar-refractivity contribution in [1.29, 1.82) is 0 Å². The molecule has 4 aromatic rings. The van der Waals surface area contributed by atoms with E-state index in [0.717, 1.165) is 25.2 Å². The van der Waals surface area contributed by atoms with Gasteiger partial charge in [0.15, 0.2) is 0 Å². The molecule has 0 spiro atoms. The summed E-state index contributed by atoms with van der Waals surface area (Å²) in [5.74, 6) is 0. The fourth-order valence-corrected chi connectivity index (χ4v) is 4.15. The largest absolute Gasteiger partial charge is 0.340 e. The summed E-state index contributed by atoms with van der Waals surface area (Å²) in [6.07, 6.45) is 0. The van der Waals surface area contributed by atoms with E-state index in [2.05, 4.69) is 65.3 Å². The van der Waals surface area contributed by atoms with Crippen LogP contribution in [0.2, 0.25) is 10.0 Å². The Bertz CT molecular complexity index is 1100. The van der Waals surface area contributed by atoms with Crippen LogP contribution in [0, 0.1) is 6.92 Å². The van der Waals surface area contributed by atoms with Crippen LogP contribution in [-0.4, -0.2) is 4.57 Å². The minimum atomic E-state index is 0.661. The quantitative estimate of drug-likeness (QED) is 0.380. The first kappa shape index (κ1) is 19.1. The van der Waals surface area contributed by atoms with E-state index in [1.807, 2.05) is 24.3 Å². The van der Waals surface area contributed by atoms with Crippen LogP contribution in [0.4, 0.5) is 0 Å². The van der Waals surface area contributed by atoms with Gasteiger partial charge in [0.2, 0.25) is 0 Å². The van der Waals surface area contributed by atoms with Crippen LogP contribution in [0.25, 0.3) is 10.9 Å². The van der Waals surface area contributed by atoms with E-state index < -0.39 is 0 Å². The first-order chi connectivity index (χ1) is 13.6. The van der Waals surface area contributed by atoms with Crippen LogP contribution in [0.3, 0.4) is 0 Å². The molecule has 3 aromatic carbocycles. The van der Waals surface area contributed by atoms with Crippen molar-refractivity contribution in [2.75, 3.05) is 0 Å². The highest BCUT2D eigenvalue weighted by atomic mass is 35.5. The minimum absolute atomic E-state index is 0.661. The SMILES string of the molecule is Cc1c(CNCc2ccccc2)c2ccccc2n1Cc1ccc(Cl)cc1Cl. The number of rotatable bonds is 6. The smallest absolute Gasteiger partial charge is 0.0493 e. The number of benzene rings is 3. The molecule has 4 rings (SSSR count). The van der Waals surface area contributed by atoms with Gasteiger partial charge in [-0.1, -0.05) is 77.8 Å². The second-order valence-electron chi connectivity index (χ2n) is 6.99. The molecule has 0 radical (unpaired) electrons. The standard InChI is InChI=1S/C24H22Cl2N2/c1-17-22(15-27-14-18-7-3-2-4-8-18)21-9-5-6-10-24(21)28(17)16-19-11-12-20(25)13-23(19)26/h2-13,27H,14-16H2,1H3. The molecule has 0 aliphatic heterocycles. The first-order valence-electron chi connectivity index (χ1n) is 9.39. The van der Waals surface area contributed by atoms with Gasteiger partial charge < -0.3 is 9.88 Å². The summed E-state index contributed by atoms with van der Waals surface area (Å²) in [5.41, 5.74) is 6.17. The van der Waals surface area contributed by atoms with E-state index in [0.29, 0.717) is 10.0 Å². The summed E-state index contributed by atoms with van der Waals surface area (Å²) in [4.78, 5) is 0. The van der Waals surface area contributed by atoms with Crippen molar-refractivity contribution in [2.45, 2.75) is 26.6 Å². The third-order valence-corrected chi connectivity index (χ3v) is 5.77. The lowest BCUT2D eigenvalue weighted by atomic mass is 10.1. The Morgan fingerprint density at radius 3 is 2.39 bits per heavy atom. The first-order valence-corrected chi connectivity index (χ1v) is 10.1. The molecule has 4 heteroatoms. The van der Waals surface area contributed by atoms with Crippen LogP contribution in [0.1, 0.15) is 22.4 Å². The molecule has 0 aliphatic rings. The Labute approximate surface area is 175 Å². The van der Waals surface area contributed by atoms with E-state index in [4.69, 9.17) is 23.2 Å². The Hall–Kier alpha value is -2.26. The Kier molecular flexibility index (Phi) is 5.72. The van der Waals surface area contributed by atoms with Gasteiger partial charge in [-0.15, -0.1) is 0 Å². The van der Waals surface area contributed by atoms with Crippen molar-refractivity contribution in [3.63, 3.8) is 0 Å². The minimum Gasteiger partial charge on any atom is -0.340 e. The van der Waals surface area contributed by atoms with Gasteiger partial charge in [-0.3, -0.25) is 0 Å². The van der Waals surface area contributed by atoms with E-state index >= 15 is 0 Å². The summed E-state index contributed by atoms with van der Waals surface area (Å²) in [7, 11) is 0. The molecular weight excluding hydrogens is 387 g/mol. The number of nitrogens with one attached hydrogen (secondary N) is 1. The average Bonchev–Trinajstić information content (AvgIpc) is 2.97. The molecule has 0 bridgehead atoms. The monoisotopic (exact) mass is 408 g/mol. The number of hydrogen-bond acceptors (Lipinski definition) is 1. The van der Waals surface area contributed by atoms with Gasteiger partial charge in [0.1, 0.15) is 0 Å². The van der Waals surface area contributed by atoms with Gasteiger partial charge in [-0.05, 0) is 41.8 Å². The zero-order valence-corrected chi connectivity index (χ0v) is 17.3. The molecule has 2 nitrogen and oxygen atoms in total. The third kappa shape index (κ3) is 3.95. The molecule has 0 amide bonds. The lowest BCUT2D eigenvalue weighted by molar-refractivity contribution is 0.686. The normalized spacial score (nSPS) is 11.2. The molecule has 0 atom stereocenters. The van der Waals surface area contributed by atoms with Crippen LogP contribution >= 0.6 is 23.2 Å². The Morgan fingerprint density at radius 2 is 1.61 bits per heavy atom. The predicted octanol–water partition coefficient (Wildman–Crippen LogP) is 6.59. The fraction of sp³-hybridized carbons (Fsp3) is 0.167. The Morgan fingerprint density at radius 1 is 0.857 bits per heavy atom. The van der Waals surface area contributed by atoms with Gasteiger partial charge in [0, 0.05) is 46.3 Å². The van der Waals surface area contributed by atoms with Crippen molar-refractivity contribution in [3.05, 3.63) is 105 Å². The van der Waals surface area contributed by atoms with Crippen LogP contribution < -0.4 is 5.32 Å². The van der Waals surface area contributed by atoms with Gasteiger partial charge in [0.25, 0.3) is 0 Å². The Balaban J connectivity index is 1.63. The summed E-state index contributed by atoms with van der Waals surface area (Å²) >= 11 is 12.5. The molecule has 1 N–H and O–H groups in total. The number of fused-ring (bicyclic) bond motifs is 1. The maximum Gasteiger partial charge on any atom is 0.0493 e.